The average molecular weight is 409 g/mol. The lowest BCUT2D eigenvalue weighted by atomic mass is 10.2. The Morgan fingerprint density at radius 3 is 2.54 bits per heavy atom. The molecule has 132 valence electrons. The van der Waals surface area contributed by atoms with Gasteiger partial charge in [0.15, 0.2) is 0 Å². The number of nitrogens with one attached hydrogen (secondary N) is 1. The van der Waals surface area contributed by atoms with Gasteiger partial charge in [-0.2, -0.15) is 0 Å². The van der Waals surface area contributed by atoms with Crippen LogP contribution in [0.2, 0.25) is 15.2 Å². The van der Waals surface area contributed by atoms with Crippen LogP contribution in [0, 0.1) is 0 Å². The molecule has 2 aromatic heterocycles. The molecule has 1 amide bonds. The molecule has 0 radical (unpaired) electrons. The number of anilines is 1. The van der Waals surface area contributed by atoms with Crippen molar-refractivity contribution in [2.45, 2.75) is 6.54 Å². The highest BCUT2D eigenvalue weighted by molar-refractivity contribution is 6.35. The molecule has 8 heteroatoms. The van der Waals surface area contributed by atoms with Crippen LogP contribution >= 0.6 is 34.8 Å². The van der Waals surface area contributed by atoms with Gasteiger partial charge in [-0.25, -0.2) is 4.98 Å². The number of pyridine rings is 2. The van der Waals surface area contributed by atoms with Crippen molar-refractivity contribution in [2.24, 2.45) is 0 Å². The fourth-order valence-electron chi connectivity index (χ4n) is 2.31. The molecule has 0 atom stereocenters. The molecule has 1 N–H and O–H groups in total. The lowest BCUT2D eigenvalue weighted by molar-refractivity contribution is 0.102. The number of hydrogen-bond donors (Lipinski definition) is 1. The number of carbonyl (C=O) groups excluding carboxylic acids is 1. The molecular formula is C18H12Cl3N3O2. The van der Waals surface area contributed by atoms with Gasteiger partial charge in [-0.15, -0.1) is 0 Å². The monoisotopic (exact) mass is 407 g/mol. The molecular weight excluding hydrogens is 397 g/mol. The molecule has 1 aromatic carbocycles. The van der Waals surface area contributed by atoms with E-state index in [4.69, 9.17) is 34.8 Å². The molecule has 26 heavy (non-hydrogen) atoms. The lowest BCUT2D eigenvalue weighted by Gasteiger charge is -2.11. The molecule has 0 bridgehead atoms. The van der Waals surface area contributed by atoms with Crippen LogP contribution in [0.25, 0.3) is 0 Å². The highest BCUT2D eigenvalue weighted by Crippen LogP contribution is 2.19. The predicted molar refractivity (Wildman–Crippen MR) is 103 cm³/mol. The van der Waals surface area contributed by atoms with Crippen LogP contribution in [0.1, 0.15) is 16.1 Å². The van der Waals surface area contributed by atoms with Gasteiger partial charge in [0.05, 0.1) is 17.3 Å². The molecule has 2 heterocycles. The SMILES string of the molecule is O=C(Nc1ccc(=O)n(Cc2ccccc2Cl)c1)c1nc(Cl)ccc1Cl. The Labute approximate surface area is 164 Å². The molecule has 0 spiro atoms. The Kier molecular flexibility index (Phi) is 5.61. The van der Waals surface area contributed by atoms with Gasteiger partial charge in [-0.1, -0.05) is 53.0 Å². The zero-order valence-electron chi connectivity index (χ0n) is 13.2. The summed E-state index contributed by atoms with van der Waals surface area (Å²) in [5.41, 5.74) is 0.989. The van der Waals surface area contributed by atoms with Crippen LogP contribution in [0.4, 0.5) is 5.69 Å². The van der Waals surface area contributed by atoms with Crippen molar-refractivity contribution in [1.82, 2.24) is 9.55 Å². The molecule has 0 aliphatic heterocycles. The van der Waals surface area contributed by atoms with Crippen LogP contribution in [0.3, 0.4) is 0 Å². The van der Waals surface area contributed by atoms with Gasteiger partial charge in [-0.3, -0.25) is 9.59 Å². The first-order valence-electron chi connectivity index (χ1n) is 7.51. The third-order valence-electron chi connectivity index (χ3n) is 3.57. The van der Waals surface area contributed by atoms with E-state index in [1.165, 1.54) is 35.0 Å². The maximum atomic E-state index is 12.4. The Morgan fingerprint density at radius 1 is 1.00 bits per heavy atom. The number of halogens is 3. The number of rotatable bonds is 4. The van der Waals surface area contributed by atoms with E-state index in [1.54, 1.807) is 6.07 Å². The van der Waals surface area contributed by atoms with E-state index in [0.29, 0.717) is 10.7 Å². The maximum absolute atomic E-state index is 12.4. The molecule has 3 aromatic rings. The first kappa shape index (κ1) is 18.5. The lowest BCUT2D eigenvalue weighted by Crippen LogP contribution is -2.21. The molecule has 3 rings (SSSR count). The Morgan fingerprint density at radius 2 is 1.77 bits per heavy atom. The molecule has 0 saturated heterocycles. The Bertz CT molecular complexity index is 1030. The smallest absolute Gasteiger partial charge is 0.275 e. The van der Waals surface area contributed by atoms with Crippen molar-refractivity contribution in [3.8, 4) is 0 Å². The molecule has 0 saturated carbocycles. The minimum absolute atomic E-state index is 0.00280. The number of benzene rings is 1. The quantitative estimate of drug-likeness (QED) is 0.646. The summed E-state index contributed by atoms with van der Waals surface area (Å²) >= 11 is 17.9. The fourth-order valence-corrected chi connectivity index (χ4v) is 2.84. The van der Waals surface area contributed by atoms with E-state index in [2.05, 4.69) is 10.3 Å². The first-order valence-corrected chi connectivity index (χ1v) is 8.65. The highest BCUT2D eigenvalue weighted by atomic mass is 35.5. The summed E-state index contributed by atoms with van der Waals surface area (Å²) in [5.74, 6) is -0.527. The summed E-state index contributed by atoms with van der Waals surface area (Å²) in [4.78, 5) is 28.4. The number of amides is 1. The van der Waals surface area contributed by atoms with Crippen molar-refractivity contribution in [1.29, 1.82) is 0 Å². The van der Waals surface area contributed by atoms with E-state index >= 15 is 0 Å². The second kappa shape index (κ2) is 7.91. The predicted octanol–water partition coefficient (Wildman–Crippen LogP) is 4.50. The van der Waals surface area contributed by atoms with E-state index in [0.717, 1.165) is 5.56 Å². The average Bonchev–Trinajstić information content (AvgIpc) is 2.61. The van der Waals surface area contributed by atoms with E-state index in [-0.39, 0.29) is 28.0 Å². The summed E-state index contributed by atoms with van der Waals surface area (Å²) in [7, 11) is 0. The van der Waals surface area contributed by atoms with E-state index in [1.807, 2.05) is 18.2 Å². The van der Waals surface area contributed by atoms with Gasteiger partial charge in [0.2, 0.25) is 0 Å². The van der Waals surface area contributed by atoms with Gasteiger partial charge in [0, 0.05) is 17.3 Å². The van der Waals surface area contributed by atoms with Crippen LogP contribution in [-0.2, 0) is 6.54 Å². The Balaban J connectivity index is 1.86. The fraction of sp³-hybridized carbons (Fsp3) is 0.0556. The maximum Gasteiger partial charge on any atom is 0.275 e. The van der Waals surface area contributed by atoms with Crippen LogP contribution in [-0.4, -0.2) is 15.5 Å². The molecule has 0 fully saturated rings. The minimum atomic E-state index is -0.527. The minimum Gasteiger partial charge on any atom is -0.319 e. The second-order valence-electron chi connectivity index (χ2n) is 5.39. The molecule has 0 aliphatic carbocycles. The molecule has 0 aliphatic rings. The van der Waals surface area contributed by atoms with Crippen LogP contribution in [0.15, 0.2) is 59.5 Å². The van der Waals surface area contributed by atoms with Crippen LogP contribution in [0.5, 0.6) is 0 Å². The third-order valence-corrected chi connectivity index (χ3v) is 4.45. The van der Waals surface area contributed by atoms with Gasteiger partial charge in [-0.05, 0) is 29.8 Å². The van der Waals surface area contributed by atoms with Crippen molar-refractivity contribution < 1.29 is 4.79 Å². The zero-order chi connectivity index (χ0) is 18.7. The van der Waals surface area contributed by atoms with Crippen molar-refractivity contribution in [3.05, 3.63) is 91.5 Å². The van der Waals surface area contributed by atoms with Gasteiger partial charge in [0.25, 0.3) is 11.5 Å². The highest BCUT2D eigenvalue weighted by Gasteiger charge is 2.14. The van der Waals surface area contributed by atoms with Crippen molar-refractivity contribution >= 4 is 46.4 Å². The van der Waals surface area contributed by atoms with Crippen molar-refractivity contribution in [2.75, 3.05) is 5.32 Å². The third kappa shape index (κ3) is 4.25. The zero-order valence-corrected chi connectivity index (χ0v) is 15.5. The van der Waals surface area contributed by atoms with Gasteiger partial charge < -0.3 is 9.88 Å². The Hall–Kier alpha value is -2.34. The largest absolute Gasteiger partial charge is 0.319 e. The molecule has 5 nitrogen and oxygen atoms in total. The van der Waals surface area contributed by atoms with Crippen molar-refractivity contribution in [3.63, 3.8) is 0 Å². The topological polar surface area (TPSA) is 64.0 Å². The summed E-state index contributed by atoms with van der Waals surface area (Å²) < 4.78 is 1.45. The number of nitrogens with zero attached hydrogens (tertiary/aromatic N) is 2. The molecule has 0 unspecified atom stereocenters. The number of aromatic nitrogens is 2. The van der Waals surface area contributed by atoms with Gasteiger partial charge in [0.1, 0.15) is 10.8 Å². The normalized spacial score (nSPS) is 10.6. The first-order chi connectivity index (χ1) is 12.4. The van der Waals surface area contributed by atoms with Crippen LogP contribution < -0.4 is 10.9 Å². The summed E-state index contributed by atoms with van der Waals surface area (Å²) in [6.45, 7) is 0.276. The van der Waals surface area contributed by atoms with E-state index in [9.17, 15) is 9.59 Å². The number of carbonyl (C=O) groups is 1. The number of hydrogen-bond acceptors (Lipinski definition) is 3. The van der Waals surface area contributed by atoms with E-state index < -0.39 is 5.91 Å². The summed E-state index contributed by atoms with van der Waals surface area (Å²) in [6, 6.07) is 13.1. The standard InChI is InChI=1S/C18H12Cl3N3O2/c19-13-4-2-1-3-11(13)9-24-10-12(5-8-16(24)25)22-18(26)17-14(20)6-7-15(21)23-17/h1-8,10H,9H2,(H,22,26). The van der Waals surface area contributed by atoms with Gasteiger partial charge >= 0.3 is 0 Å². The second-order valence-corrected chi connectivity index (χ2v) is 6.60. The summed E-state index contributed by atoms with van der Waals surface area (Å²) in [6.07, 6.45) is 1.53. The summed E-state index contributed by atoms with van der Waals surface area (Å²) in [5, 5.41) is 3.55.